The van der Waals surface area contributed by atoms with Crippen LogP contribution in [0.4, 0.5) is 6.01 Å². The third-order valence-corrected chi connectivity index (χ3v) is 7.32. The lowest BCUT2D eigenvalue weighted by molar-refractivity contribution is -0.119. The van der Waals surface area contributed by atoms with Crippen molar-refractivity contribution in [3.63, 3.8) is 0 Å². The van der Waals surface area contributed by atoms with Gasteiger partial charge in [0.15, 0.2) is 0 Å². The van der Waals surface area contributed by atoms with E-state index < -0.39 is 22.0 Å². The average molecular weight is 441 g/mol. The Hall–Kier alpha value is -3.04. The Morgan fingerprint density at radius 2 is 1.77 bits per heavy atom. The molecule has 1 aliphatic rings. The molecule has 4 rings (SSSR count). The van der Waals surface area contributed by atoms with Crippen LogP contribution in [-0.4, -0.2) is 41.4 Å². The quantitative estimate of drug-likeness (QED) is 0.651. The first-order valence-corrected chi connectivity index (χ1v) is 11.5. The van der Waals surface area contributed by atoms with Crippen LogP contribution >= 0.6 is 0 Å². The highest BCUT2D eigenvalue weighted by atomic mass is 32.2. The van der Waals surface area contributed by atoms with Gasteiger partial charge in [-0.1, -0.05) is 40.5 Å². The molecule has 1 saturated heterocycles. The van der Waals surface area contributed by atoms with Gasteiger partial charge in [-0.15, -0.1) is 5.10 Å². The van der Waals surface area contributed by atoms with E-state index in [4.69, 9.17) is 4.42 Å². The lowest BCUT2D eigenvalue weighted by Gasteiger charge is -2.22. The van der Waals surface area contributed by atoms with Crippen LogP contribution in [0, 0.1) is 20.8 Å². The summed E-state index contributed by atoms with van der Waals surface area (Å²) < 4.78 is 33.0. The molecule has 1 fully saturated rings. The number of nitrogens with zero attached hydrogens (tertiary/aromatic N) is 3. The predicted octanol–water partition coefficient (Wildman–Crippen LogP) is 3.45. The molecule has 0 aliphatic carbocycles. The molecule has 2 heterocycles. The van der Waals surface area contributed by atoms with E-state index in [0.29, 0.717) is 18.7 Å². The van der Waals surface area contributed by atoms with Gasteiger partial charge in [0.25, 0.3) is 0 Å². The van der Waals surface area contributed by atoms with Gasteiger partial charge in [-0.25, -0.2) is 8.42 Å². The number of hydrogen-bond donors (Lipinski definition) is 1. The normalized spacial score (nSPS) is 17.1. The SMILES string of the molecule is Cc1ccc(S(=O)(=O)N2CCCC2C(=O)Nc2nnc(-c3ccc(C)cc3C)o2)cc1. The van der Waals surface area contributed by atoms with Gasteiger partial charge < -0.3 is 4.42 Å². The second kappa shape index (κ2) is 8.24. The molecule has 1 amide bonds. The summed E-state index contributed by atoms with van der Waals surface area (Å²) in [6.45, 7) is 6.11. The van der Waals surface area contributed by atoms with E-state index in [1.807, 2.05) is 39.0 Å². The molecule has 0 spiro atoms. The maximum Gasteiger partial charge on any atom is 0.322 e. The Morgan fingerprint density at radius 1 is 1.06 bits per heavy atom. The Labute approximate surface area is 181 Å². The van der Waals surface area contributed by atoms with E-state index in [-0.39, 0.29) is 17.5 Å². The molecule has 1 unspecified atom stereocenters. The van der Waals surface area contributed by atoms with Crippen molar-refractivity contribution < 1.29 is 17.6 Å². The van der Waals surface area contributed by atoms with Gasteiger partial charge in [-0.3, -0.25) is 10.1 Å². The Morgan fingerprint density at radius 3 is 2.48 bits per heavy atom. The van der Waals surface area contributed by atoms with E-state index in [1.165, 1.54) is 4.31 Å². The first-order valence-electron chi connectivity index (χ1n) is 10.1. The van der Waals surface area contributed by atoms with E-state index in [9.17, 15) is 13.2 Å². The summed E-state index contributed by atoms with van der Waals surface area (Å²) in [5.41, 5.74) is 3.84. The fourth-order valence-electron chi connectivity index (χ4n) is 3.76. The van der Waals surface area contributed by atoms with Gasteiger partial charge in [0.05, 0.1) is 4.90 Å². The predicted molar refractivity (Wildman–Crippen MR) is 116 cm³/mol. The summed E-state index contributed by atoms with van der Waals surface area (Å²) in [6, 6.07) is 11.6. The van der Waals surface area contributed by atoms with E-state index >= 15 is 0 Å². The standard InChI is InChI=1S/C22H24N4O4S/c1-14-6-9-17(10-7-14)31(28,29)26-12-4-5-19(26)20(27)23-22-25-24-21(30-22)18-11-8-15(2)13-16(18)3/h6-11,13,19H,4-5,12H2,1-3H3,(H,23,25,27). The summed E-state index contributed by atoms with van der Waals surface area (Å²) in [6.07, 6.45) is 1.02. The van der Waals surface area contributed by atoms with Crippen molar-refractivity contribution in [2.75, 3.05) is 11.9 Å². The molecule has 1 N–H and O–H groups in total. The van der Waals surface area contributed by atoms with Gasteiger partial charge in [-0.2, -0.15) is 4.31 Å². The molecule has 0 saturated carbocycles. The molecule has 9 heteroatoms. The largest absolute Gasteiger partial charge is 0.403 e. The Balaban J connectivity index is 1.52. The summed E-state index contributed by atoms with van der Waals surface area (Å²) in [7, 11) is -3.78. The Kier molecular flexibility index (Phi) is 5.63. The average Bonchev–Trinajstić information content (AvgIpc) is 3.38. The number of carbonyl (C=O) groups is 1. The van der Waals surface area contributed by atoms with Gasteiger partial charge in [0, 0.05) is 12.1 Å². The van der Waals surface area contributed by atoms with Crippen LogP contribution in [0.3, 0.4) is 0 Å². The molecule has 31 heavy (non-hydrogen) atoms. The van der Waals surface area contributed by atoms with Crippen molar-refractivity contribution in [2.45, 2.75) is 44.6 Å². The van der Waals surface area contributed by atoms with Crippen LogP contribution < -0.4 is 5.32 Å². The zero-order chi connectivity index (χ0) is 22.2. The smallest absolute Gasteiger partial charge is 0.322 e. The van der Waals surface area contributed by atoms with Gasteiger partial charge in [-0.05, 0) is 57.4 Å². The number of sulfonamides is 1. The second-order valence-electron chi connectivity index (χ2n) is 7.81. The van der Waals surface area contributed by atoms with E-state index in [0.717, 1.165) is 22.3 Å². The molecule has 8 nitrogen and oxygen atoms in total. The van der Waals surface area contributed by atoms with Gasteiger partial charge in [0.2, 0.25) is 21.8 Å². The highest BCUT2D eigenvalue weighted by Gasteiger charge is 2.39. The van der Waals surface area contributed by atoms with Crippen molar-refractivity contribution in [3.05, 3.63) is 59.2 Å². The van der Waals surface area contributed by atoms with Crippen LogP contribution in [0.2, 0.25) is 0 Å². The molecule has 3 aromatic rings. The zero-order valence-electron chi connectivity index (χ0n) is 17.6. The number of carbonyl (C=O) groups excluding carboxylic acids is 1. The minimum Gasteiger partial charge on any atom is -0.403 e. The molecule has 162 valence electrons. The number of hydrogen-bond acceptors (Lipinski definition) is 6. The molecular formula is C22H24N4O4S. The summed E-state index contributed by atoms with van der Waals surface area (Å²) in [5.74, 6) is -0.188. The van der Waals surface area contributed by atoms with Gasteiger partial charge >= 0.3 is 6.01 Å². The van der Waals surface area contributed by atoms with Crippen molar-refractivity contribution in [1.29, 1.82) is 0 Å². The van der Waals surface area contributed by atoms with Crippen LogP contribution in [0.15, 0.2) is 51.8 Å². The third-order valence-electron chi connectivity index (χ3n) is 5.40. The number of aryl methyl sites for hydroxylation is 3. The molecule has 0 bridgehead atoms. The Bertz CT molecular complexity index is 1220. The summed E-state index contributed by atoms with van der Waals surface area (Å²) >= 11 is 0. The first-order chi connectivity index (χ1) is 14.8. The maximum atomic E-state index is 13.1. The van der Waals surface area contributed by atoms with Crippen LogP contribution in [-0.2, 0) is 14.8 Å². The van der Waals surface area contributed by atoms with Crippen LogP contribution in [0.25, 0.3) is 11.5 Å². The van der Waals surface area contributed by atoms with Crippen LogP contribution in [0.5, 0.6) is 0 Å². The van der Waals surface area contributed by atoms with Crippen molar-refractivity contribution in [3.8, 4) is 11.5 Å². The number of aromatic nitrogens is 2. The number of benzene rings is 2. The summed E-state index contributed by atoms with van der Waals surface area (Å²) in [5, 5.41) is 10.5. The molecule has 2 aromatic carbocycles. The number of anilines is 1. The highest BCUT2D eigenvalue weighted by Crippen LogP contribution is 2.28. The van der Waals surface area contributed by atoms with Crippen molar-refractivity contribution >= 4 is 21.9 Å². The molecule has 1 aromatic heterocycles. The summed E-state index contributed by atoms with van der Waals surface area (Å²) in [4.78, 5) is 13.0. The third kappa shape index (κ3) is 4.24. The minimum absolute atomic E-state index is 0.0560. The number of amides is 1. The monoisotopic (exact) mass is 440 g/mol. The molecule has 1 atom stereocenters. The minimum atomic E-state index is -3.78. The zero-order valence-corrected chi connectivity index (χ0v) is 18.4. The highest BCUT2D eigenvalue weighted by molar-refractivity contribution is 7.89. The number of rotatable bonds is 5. The lowest BCUT2D eigenvalue weighted by atomic mass is 10.1. The van der Waals surface area contributed by atoms with Crippen LogP contribution in [0.1, 0.15) is 29.5 Å². The topological polar surface area (TPSA) is 105 Å². The van der Waals surface area contributed by atoms with Gasteiger partial charge in [0.1, 0.15) is 6.04 Å². The van der Waals surface area contributed by atoms with Crippen molar-refractivity contribution in [2.24, 2.45) is 0 Å². The molecular weight excluding hydrogens is 416 g/mol. The van der Waals surface area contributed by atoms with Crippen molar-refractivity contribution in [1.82, 2.24) is 14.5 Å². The fourth-order valence-corrected chi connectivity index (χ4v) is 5.42. The maximum absolute atomic E-state index is 13.1. The first kappa shape index (κ1) is 21.2. The molecule has 0 radical (unpaired) electrons. The van der Waals surface area contributed by atoms with E-state index in [2.05, 4.69) is 15.5 Å². The number of nitrogens with one attached hydrogen (secondary N) is 1. The second-order valence-corrected chi connectivity index (χ2v) is 9.70. The van der Waals surface area contributed by atoms with E-state index in [1.54, 1.807) is 24.3 Å². The lowest BCUT2D eigenvalue weighted by Crippen LogP contribution is -2.43. The molecule has 1 aliphatic heterocycles. The fraction of sp³-hybridized carbons (Fsp3) is 0.318.